The van der Waals surface area contributed by atoms with E-state index in [2.05, 4.69) is 4.98 Å². The van der Waals surface area contributed by atoms with Gasteiger partial charge in [-0.2, -0.15) is 29.0 Å². The number of nitrogens with zero attached hydrogens (tertiary/aromatic N) is 4. The Kier molecular flexibility index (Phi) is 5.48. The molecule has 0 saturated heterocycles. The molecule has 6 nitrogen and oxygen atoms in total. The molecule has 0 fully saturated rings. The summed E-state index contributed by atoms with van der Waals surface area (Å²) in [6, 6.07) is 8.18. The summed E-state index contributed by atoms with van der Waals surface area (Å²) in [6.45, 7) is 0. The van der Waals surface area contributed by atoms with Gasteiger partial charge in [0.1, 0.15) is 41.4 Å². The fourth-order valence-electron chi connectivity index (χ4n) is 4.55. The van der Waals surface area contributed by atoms with Gasteiger partial charge in [0.25, 0.3) is 0 Å². The molecule has 0 aliphatic rings. The zero-order valence-corrected chi connectivity index (χ0v) is 18.8. The third kappa shape index (κ3) is 3.60. The highest BCUT2D eigenvalue weighted by molar-refractivity contribution is 6.10. The van der Waals surface area contributed by atoms with Crippen molar-refractivity contribution in [2.75, 3.05) is 0 Å². The molecule has 0 atom stereocenters. The number of hydrogen-bond acceptors (Lipinski definition) is 6. The summed E-state index contributed by atoms with van der Waals surface area (Å²) >= 11 is 0. The van der Waals surface area contributed by atoms with Gasteiger partial charge in [-0.1, -0.05) is 0 Å². The van der Waals surface area contributed by atoms with Crippen LogP contribution in [0.5, 0.6) is 0 Å². The minimum Gasteiger partial charge on any atom is -0.289 e. The molecule has 12 heteroatoms. The number of alkyl halides is 3. The molecule has 1 heterocycles. The summed E-state index contributed by atoms with van der Waals surface area (Å²) in [6.07, 6.45) is -4.53. The average molecular weight is 532 g/mol. The number of fused-ring (bicyclic) bond motifs is 2. The van der Waals surface area contributed by atoms with Gasteiger partial charge >= 0.3 is 6.18 Å². The minimum absolute atomic E-state index is 0.105. The highest BCUT2D eigenvalue weighted by atomic mass is 19.4. The Morgan fingerprint density at radius 2 is 1.15 bits per heavy atom. The molecule has 5 rings (SSSR count). The van der Waals surface area contributed by atoms with Crippen LogP contribution in [0.4, 0.5) is 26.3 Å². The number of halogens is 6. The molecule has 0 radical (unpaired) electrons. The lowest BCUT2D eigenvalue weighted by Crippen LogP contribution is -2.10. The summed E-state index contributed by atoms with van der Waals surface area (Å²) in [5.74, 6) is -4.50. The van der Waals surface area contributed by atoms with Crippen molar-refractivity contribution >= 4 is 21.5 Å². The van der Waals surface area contributed by atoms with Gasteiger partial charge in [0.05, 0.1) is 34.0 Å². The van der Waals surface area contributed by atoms with Crippen molar-refractivity contribution < 1.29 is 26.3 Å². The van der Waals surface area contributed by atoms with Gasteiger partial charge in [-0.25, -0.2) is 18.2 Å². The second-order valence-corrected chi connectivity index (χ2v) is 8.30. The lowest BCUT2D eigenvalue weighted by molar-refractivity contribution is -0.140. The quantitative estimate of drug-likeness (QED) is 0.282. The highest BCUT2D eigenvalue weighted by Gasteiger charge is 2.36. The van der Waals surface area contributed by atoms with Crippen LogP contribution in [0.2, 0.25) is 0 Å². The monoisotopic (exact) mass is 532 g/mol. The smallest absolute Gasteiger partial charge is 0.289 e. The van der Waals surface area contributed by atoms with Crippen LogP contribution in [-0.2, 0) is 6.18 Å². The molecule has 0 spiro atoms. The first-order valence-electron chi connectivity index (χ1n) is 10.6. The number of aromatic nitrogens is 1. The molecule has 0 aliphatic heterocycles. The van der Waals surface area contributed by atoms with Crippen molar-refractivity contribution in [1.29, 1.82) is 15.8 Å². The van der Waals surface area contributed by atoms with Crippen LogP contribution in [0.15, 0.2) is 46.1 Å². The van der Waals surface area contributed by atoms with Crippen molar-refractivity contribution in [3.8, 4) is 40.5 Å². The fraction of sp³-hybridized carbons (Fsp3) is 0.0370. The lowest BCUT2D eigenvalue weighted by Gasteiger charge is -2.10. The lowest BCUT2D eigenvalue weighted by atomic mass is 10.0. The molecule has 0 amide bonds. The maximum Gasteiger partial charge on any atom is 0.419 e. The van der Waals surface area contributed by atoms with Crippen LogP contribution in [0, 0.1) is 51.4 Å². The first-order valence-corrected chi connectivity index (χ1v) is 10.6. The molecule has 0 N–H and O–H groups in total. The molecule has 4 aromatic carbocycles. The van der Waals surface area contributed by atoms with Crippen LogP contribution < -0.4 is 10.9 Å². The standard InChI is InChI=1S/C27H6F6N4O2/c28-20-5-19(27(31,32)33)21(29)4-16(20)24-18(8-36)12-2-11-13(3-14(12)26(24)39)25(38)23(17(11)7-35)15-1-10(6-34)37-9-22(15)30/h1-5,9H. The van der Waals surface area contributed by atoms with Gasteiger partial charge in [0.2, 0.25) is 0 Å². The van der Waals surface area contributed by atoms with Gasteiger partial charge in [0, 0.05) is 32.7 Å². The number of pyridine rings is 1. The third-order valence-electron chi connectivity index (χ3n) is 6.23. The van der Waals surface area contributed by atoms with Crippen LogP contribution in [0.3, 0.4) is 0 Å². The van der Waals surface area contributed by atoms with E-state index in [9.17, 15) is 46.5 Å². The molecule has 0 saturated carbocycles. The maximum absolute atomic E-state index is 14.7. The predicted molar refractivity (Wildman–Crippen MR) is 124 cm³/mol. The number of benzene rings is 2. The molecular formula is C27H6F6N4O2. The van der Waals surface area contributed by atoms with E-state index in [-0.39, 0.29) is 44.9 Å². The number of nitriles is 3. The Morgan fingerprint density at radius 1 is 0.641 bits per heavy atom. The molecule has 39 heavy (non-hydrogen) atoms. The summed E-state index contributed by atoms with van der Waals surface area (Å²) < 4.78 is 82.5. The average Bonchev–Trinajstić information content (AvgIpc) is 3.33. The van der Waals surface area contributed by atoms with Crippen LogP contribution >= 0.6 is 0 Å². The van der Waals surface area contributed by atoms with E-state index in [1.807, 2.05) is 0 Å². The Balaban J connectivity index is 1.86. The Bertz CT molecular complexity index is 2120. The van der Waals surface area contributed by atoms with Crippen molar-refractivity contribution in [1.82, 2.24) is 4.98 Å². The zero-order valence-electron chi connectivity index (χ0n) is 18.8. The normalized spacial score (nSPS) is 11.5. The van der Waals surface area contributed by atoms with Gasteiger partial charge in [-0.05, 0) is 30.3 Å². The highest BCUT2D eigenvalue weighted by Crippen LogP contribution is 2.39. The van der Waals surface area contributed by atoms with Crippen molar-refractivity contribution in [3.63, 3.8) is 0 Å². The van der Waals surface area contributed by atoms with Gasteiger partial charge in [0.15, 0.2) is 10.9 Å². The SMILES string of the molecule is N#Cc1cc(-c2c(C#N)c3cc4c(C#N)c(-c5cc(F)c(C(F)(F)F)cc5F)c(=O)c4cc3c2=O)c(F)cn1. The summed E-state index contributed by atoms with van der Waals surface area (Å²) in [4.78, 5) is 30.1. The molecular weight excluding hydrogens is 526 g/mol. The first kappa shape index (κ1) is 25.1. The molecule has 0 aliphatic carbocycles. The molecule has 0 bridgehead atoms. The molecule has 188 valence electrons. The minimum atomic E-state index is -5.22. The number of hydrogen-bond donors (Lipinski definition) is 0. The van der Waals surface area contributed by atoms with Gasteiger partial charge in [-0.15, -0.1) is 0 Å². The van der Waals surface area contributed by atoms with Gasteiger partial charge < -0.3 is 0 Å². The van der Waals surface area contributed by atoms with Crippen molar-refractivity contribution in [2.24, 2.45) is 0 Å². The third-order valence-corrected chi connectivity index (χ3v) is 6.23. The predicted octanol–water partition coefficient (Wildman–Crippen LogP) is 5.37. The van der Waals surface area contributed by atoms with Crippen LogP contribution in [0.25, 0.3) is 43.8 Å². The summed E-state index contributed by atoms with van der Waals surface area (Å²) in [7, 11) is 0. The molecule has 0 unspecified atom stereocenters. The number of rotatable bonds is 2. The fourth-order valence-corrected chi connectivity index (χ4v) is 4.55. The summed E-state index contributed by atoms with van der Waals surface area (Å²) in [5, 5.41) is 27.8. The van der Waals surface area contributed by atoms with E-state index < -0.39 is 67.9 Å². The van der Waals surface area contributed by atoms with E-state index in [4.69, 9.17) is 5.26 Å². The van der Waals surface area contributed by atoms with Gasteiger partial charge in [-0.3, -0.25) is 9.59 Å². The first-order chi connectivity index (χ1) is 18.4. The van der Waals surface area contributed by atoms with Crippen LogP contribution in [0.1, 0.15) is 22.4 Å². The van der Waals surface area contributed by atoms with Crippen molar-refractivity contribution in [2.45, 2.75) is 6.18 Å². The van der Waals surface area contributed by atoms with E-state index in [1.54, 1.807) is 18.2 Å². The second-order valence-electron chi connectivity index (χ2n) is 8.30. The van der Waals surface area contributed by atoms with Crippen LogP contribution in [-0.4, -0.2) is 4.98 Å². The van der Waals surface area contributed by atoms with E-state index >= 15 is 0 Å². The second kappa shape index (κ2) is 8.51. The maximum atomic E-state index is 14.7. The molecule has 1 aromatic heterocycles. The Hall–Kier alpha value is -5.54. The largest absolute Gasteiger partial charge is 0.419 e. The van der Waals surface area contributed by atoms with Crippen molar-refractivity contribution in [3.05, 3.63) is 96.8 Å². The molecule has 5 aromatic rings. The van der Waals surface area contributed by atoms with E-state index in [1.165, 1.54) is 0 Å². The van der Waals surface area contributed by atoms with E-state index in [0.29, 0.717) is 6.20 Å². The topological polar surface area (TPSA) is 118 Å². The summed E-state index contributed by atoms with van der Waals surface area (Å²) in [5.41, 5.74) is -7.46. The Morgan fingerprint density at radius 3 is 1.64 bits per heavy atom. The van der Waals surface area contributed by atoms with E-state index in [0.717, 1.165) is 18.2 Å². The Labute approximate surface area is 212 Å². The zero-order chi connectivity index (χ0) is 28.4.